The lowest BCUT2D eigenvalue weighted by Gasteiger charge is -2.30. The Morgan fingerprint density at radius 3 is 2.57 bits per heavy atom. The van der Waals surface area contributed by atoms with Crippen LogP contribution in [-0.4, -0.2) is 59.5 Å². The van der Waals surface area contributed by atoms with E-state index in [1.165, 1.54) is 6.20 Å². The summed E-state index contributed by atoms with van der Waals surface area (Å²) < 4.78 is 6.15. The fraction of sp³-hybridized carbons (Fsp3) is 0.462. The number of nitrogens with zero attached hydrogens (tertiary/aromatic N) is 5. The highest BCUT2D eigenvalue weighted by Crippen LogP contribution is 2.38. The van der Waals surface area contributed by atoms with Gasteiger partial charge in [0.25, 0.3) is 0 Å². The summed E-state index contributed by atoms with van der Waals surface area (Å²) in [5, 5.41) is 19.1. The molecular formula is C26H27Cl2N5O2. The molecule has 7 nitrogen and oxygen atoms in total. The Morgan fingerprint density at radius 1 is 1.17 bits per heavy atom. The molecule has 182 valence electrons. The number of carbonyl (C=O) groups excluding carboxylic acids is 1. The zero-order chi connectivity index (χ0) is 24.9. The standard InChI is InChI=1S/C26H27Cl2N5O2/c1-17(35-25-5-2-19(12-30)13-31-25)21-14-33(15-22(21)20-3-4-23(27)24(28)10-20)26(34)16-32-8-6-18(11-29)7-9-32/h2-5,10,13,17-18,21-22H,6-9,14-16H2,1H3. The molecule has 3 heterocycles. The SMILES string of the molecule is CC(Oc1ccc(C#N)cn1)C1CN(C(=O)CN2CCC(C#N)CC2)CC1c1ccc(Cl)c(Cl)c1. The van der Waals surface area contributed by atoms with Crippen LogP contribution in [0.15, 0.2) is 36.5 Å². The third-order valence-corrected chi connectivity index (χ3v) is 7.73. The Balaban J connectivity index is 1.49. The van der Waals surface area contributed by atoms with Gasteiger partial charge in [-0.05, 0) is 56.6 Å². The van der Waals surface area contributed by atoms with Crippen LogP contribution in [-0.2, 0) is 4.79 Å². The summed E-state index contributed by atoms with van der Waals surface area (Å²) in [4.78, 5) is 21.5. The molecule has 1 amide bonds. The summed E-state index contributed by atoms with van der Waals surface area (Å²) >= 11 is 12.5. The second-order valence-corrected chi connectivity index (χ2v) is 10.1. The van der Waals surface area contributed by atoms with Crippen molar-refractivity contribution in [1.82, 2.24) is 14.8 Å². The number of hydrogen-bond donors (Lipinski definition) is 0. The van der Waals surface area contributed by atoms with Gasteiger partial charge in [-0.2, -0.15) is 10.5 Å². The maximum Gasteiger partial charge on any atom is 0.236 e. The largest absolute Gasteiger partial charge is 0.474 e. The Labute approximate surface area is 215 Å². The number of hydrogen-bond acceptors (Lipinski definition) is 6. The average Bonchev–Trinajstić information content (AvgIpc) is 3.32. The van der Waals surface area contributed by atoms with Crippen molar-refractivity contribution in [2.24, 2.45) is 11.8 Å². The Kier molecular flexibility index (Phi) is 8.13. The van der Waals surface area contributed by atoms with Crippen LogP contribution >= 0.6 is 23.2 Å². The minimum absolute atomic E-state index is 0.0120. The molecule has 1 aromatic heterocycles. The molecule has 35 heavy (non-hydrogen) atoms. The number of aromatic nitrogens is 1. The number of nitriles is 2. The van der Waals surface area contributed by atoms with Crippen molar-refractivity contribution in [3.05, 3.63) is 57.7 Å². The van der Waals surface area contributed by atoms with E-state index < -0.39 is 0 Å². The Hall–Kier alpha value is -2.84. The minimum Gasteiger partial charge on any atom is -0.474 e. The molecule has 2 aliphatic rings. The molecule has 0 N–H and O–H groups in total. The van der Waals surface area contributed by atoms with Gasteiger partial charge in [0.2, 0.25) is 11.8 Å². The van der Waals surface area contributed by atoms with Crippen LogP contribution in [0, 0.1) is 34.5 Å². The molecule has 0 spiro atoms. The van der Waals surface area contributed by atoms with E-state index in [1.54, 1.807) is 18.2 Å². The van der Waals surface area contributed by atoms with Crippen LogP contribution in [0.25, 0.3) is 0 Å². The summed E-state index contributed by atoms with van der Waals surface area (Å²) in [6.07, 6.45) is 2.86. The topological polar surface area (TPSA) is 93.2 Å². The van der Waals surface area contributed by atoms with Crippen LogP contribution < -0.4 is 4.74 Å². The molecule has 1 aromatic carbocycles. The van der Waals surface area contributed by atoms with Crippen LogP contribution in [0.3, 0.4) is 0 Å². The fourth-order valence-electron chi connectivity index (χ4n) is 4.91. The van der Waals surface area contributed by atoms with Crippen LogP contribution in [0.2, 0.25) is 10.0 Å². The normalized spacial score (nSPS) is 21.8. The maximum absolute atomic E-state index is 13.2. The number of benzene rings is 1. The number of amides is 1. The highest BCUT2D eigenvalue weighted by molar-refractivity contribution is 6.42. The molecule has 2 aromatic rings. The molecule has 2 fully saturated rings. The number of likely N-dealkylation sites (tertiary alicyclic amines) is 2. The smallest absolute Gasteiger partial charge is 0.236 e. The van der Waals surface area contributed by atoms with Crippen molar-refractivity contribution < 1.29 is 9.53 Å². The first-order valence-corrected chi connectivity index (χ1v) is 12.5. The second-order valence-electron chi connectivity index (χ2n) is 9.24. The lowest BCUT2D eigenvalue weighted by Crippen LogP contribution is -2.43. The zero-order valence-corrected chi connectivity index (χ0v) is 21.0. The van der Waals surface area contributed by atoms with E-state index in [1.807, 2.05) is 24.0 Å². The summed E-state index contributed by atoms with van der Waals surface area (Å²) in [6, 6.07) is 13.4. The van der Waals surface area contributed by atoms with Crippen LogP contribution in [0.5, 0.6) is 5.88 Å². The number of carbonyl (C=O) groups is 1. The monoisotopic (exact) mass is 511 g/mol. The van der Waals surface area contributed by atoms with Crippen molar-refractivity contribution >= 4 is 29.1 Å². The van der Waals surface area contributed by atoms with Crippen molar-refractivity contribution in [3.63, 3.8) is 0 Å². The van der Waals surface area contributed by atoms with E-state index in [4.69, 9.17) is 38.5 Å². The van der Waals surface area contributed by atoms with Crippen LogP contribution in [0.1, 0.15) is 36.8 Å². The predicted molar refractivity (Wildman–Crippen MR) is 133 cm³/mol. The Morgan fingerprint density at radius 2 is 1.94 bits per heavy atom. The van der Waals surface area contributed by atoms with E-state index in [0.29, 0.717) is 41.1 Å². The summed E-state index contributed by atoms with van der Waals surface area (Å²) in [5.41, 5.74) is 1.48. The number of halogens is 2. The highest BCUT2D eigenvalue weighted by Gasteiger charge is 2.40. The number of pyridine rings is 1. The lowest BCUT2D eigenvalue weighted by molar-refractivity contribution is -0.131. The van der Waals surface area contributed by atoms with E-state index >= 15 is 0 Å². The second kappa shape index (κ2) is 11.3. The molecule has 3 atom stereocenters. The first kappa shape index (κ1) is 25.3. The van der Waals surface area contributed by atoms with Crippen molar-refractivity contribution in [3.8, 4) is 18.0 Å². The fourth-order valence-corrected chi connectivity index (χ4v) is 5.22. The van der Waals surface area contributed by atoms with Gasteiger partial charge in [0.1, 0.15) is 12.2 Å². The number of ether oxygens (including phenoxy) is 1. The number of rotatable bonds is 6. The van der Waals surface area contributed by atoms with Gasteiger partial charge in [-0.1, -0.05) is 29.3 Å². The molecule has 3 unspecified atom stereocenters. The molecule has 0 bridgehead atoms. The van der Waals surface area contributed by atoms with Gasteiger partial charge < -0.3 is 9.64 Å². The molecule has 0 saturated carbocycles. The molecule has 2 saturated heterocycles. The third kappa shape index (κ3) is 6.05. The van der Waals surface area contributed by atoms with Gasteiger partial charge in [-0.3, -0.25) is 9.69 Å². The minimum atomic E-state index is -0.237. The van der Waals surface area contributed by atoms with E-state index in [2.05, 4.69) is 22.0 Å². The van der Waals surface area contributed by atoms with Crippen molar-refractivity contribution in [1.29, 1.82) is 10.5 Å². The quantitative estimate of drug-likeness (QED) is 0.566. The van der Waals surface area contributed by atoms with E-state index in [0.717, 1.165) is 31.5 Å². The Bertz CT molecular complexity index is 1140. The zero-order valence-electron chi connectivity index (χ0n) is 19.5. The van der Waals surface area contributed by atoms with Gasteiger partial charge in [-0.15, -0.1) is 0 Å². The van der Waals surface area contributed by atoms with Gasteiger partial charge in [0.15, 0.2) is 0 Å². The van der Waals surface area contributed by atoms with Crippen molar-refractivity contribution in [2.75, 3.05) is 32.7 Å². The molecule has 0 radical (unpaired) electrons. The highest BCUT2D eigenvalue weighted by atomic mass is 35.5. The first-order valence-electron chi connectivity index (χ1n) is 11.8. The summed E-state index contributed by atoms with van der Waals surface area (Å²) in [6.45, 7) is 4.98. The van der Waals surface area contributed by atoms with Crippen LogP contribution in [0.4, 0.5) is 0 Å². The van der Waals surface area contributed by atoms with Crippen molar-refractivity contribution in [2.45, 2.75) is 31.8 Å². The number of piperidine rings is 1. The lowest BCUT2D eigenvalue weighted by atomic mass is 9.86. The third-order valence-electron chi connectivity index (χ3n) is 6.99. The maximum atomic E-state index is 13.2. The van der Waals surface area contributed by atoms with Gasteiger partial charge in [-0.25, -0.2) is 4.98 Å². The predicted octanol–water partition coefficient (Wildman–Crippen LogP) is 4.51. The summed E-state index contributed by atoms with van der Waals surface area (Å²) in [5.74, 6) is 0.640. The molecule has 0 aliphatic carbocycles. The molecule has 9 heteroatoms. The molecule has 4 rings (SSSR count). The average molecular weight is 512 g/mol. The first-order chi connectivity index (χ1) is 16.9. The van der Waals surface area contributed by atoms with E-state index in [9.17, 15) is 4.79 Å². The van der Waals surface area contributed by atoms with Gasteiger partial charge in [0.05, 0.1) is 28.2 Å². The molecule has 2 aliphatic heterocycles. The molecular weight excluding hydrogens is 485 g/mol. The van der Waals surface area contributed by atoms with Gasteiger partial charge >= 0.3 is 0 Å². The van der Waals surface area contributed by atoms with Gasteiger partial charge in [0, 0.05) is 43.1 Å². The summed E-state index contributed by atoms with van der Waals surface area (Å²) in [7, 11) is 0. The van der Waals surface area contributed by atoms with E-state index in [-0.39, 0.29) is 29.8 Å².